The number of rotatable bonds is 5. The van der Waals surface area contributed by atoms with E-state index in [4.69, 9.17) is 11.6 Å². The molecule has 4 saturated carbocycles. The van der Waals surface area contributed by atoms with E-state index in [1.54, 1.807) is 0 Å². The zero-order chi connectivity index (χ0) is 17.6. The highest BCUT2D eigenvalue weighted by Gasteiger charge is 2.51. The smallest absolute Gasteiger partial charge is 0.237 e. The first-order chi connectivity index (χ1) is 11.9. The van der Waals surface area contributed by atoms with Crippen molar-refractivity contribution in [2.45, 2.75) is 70.0 Å². The Morgan fingerprint density at radius 3 is 2.08 bits per heavy atom. The molecule has 3 nitrogen and oxygen atoms in total. The molecule has 0 radical (unpaired) electrons. The van der Waals surface area contributed by atoms with Crippen LogP contribution in [-0.4, -0.2) is 17.5 Å². The molecule has 1 aromatic carbocycles. The summed E-state index contributed by atoms with van der Waals surface area (Å²) in [7, 11) is 0. The van der Waals surface area contributed by atoms with Crippen LogP contribution >= 0.6 is 11.6 Å². The summed E-state index contributed by atoms with van der Waals surface area (Å²) in [6.07, 6.45) is 7.79. The molecule has 4 bridgehead atoms. The van der Waals surface area contributed by atoms with Crippen LogP contribution in [0.15, 0.2) is 24.3 Å². The summed E-state index contributed by atoms with van der Waals surface area (Å²) in [4.78, 5) is 12.9. The number of carbonyl (C=O) groups excluding carboxylic acids is 1. The Hall–Kier alpha value is -1.06. The van der Waals surface area contributed by atoms with Crippen LogP contribution in [-0.2, 0) is 4.79 Å². The van der Waals surface area contributed by atoms with Crippen molar-refractivity contribution < 1.29 is 4.79 Å². The average Bonchev–Trinajstić information content (AvgIpc) is 2.53. The highest BCUT2D eigenvalue weighted by molar-refractivity contribution is 6.30. The largest absolute Gasteiger partial charge is 0.349 e. The lowest BCUT2D eigenvalue weighted by atomic mass is 9.53. The molecule has 136 valence electrons. The van der Waals surface area contributed by atoms with Crippen molar-refractivity contribution in [2.24, 2.45) is 17.8 Å². The van der Waals surface area contributed by atoms with Crippen molar-refractivity contribution in [1.82, 2.24) is 10.6 Å². The number of benzene rings is 1. The molecule has 4 aliphatic carbocycles. The molecule has 4 heteroatoms. The van der Waals surface area contributed by atoms with Crippen LogP contribution < -0.4 is 10.6 Å². The minimum absolute atomic E-state index is 0.0886. The molecule has 0 heterocycles. The second-order valence-corrected chi connectivity index (χ2v) is 9.29. The second kappa shape index (κ2) is 6.59. The van der Waals surface area contributed by atoms with Gasteiger partial charge in [-0.05, 0) is 87.8 Å². The fraction of sp³-hybridized carbons (Fsp3) is 0.667. The number of amides is 1. The van der Waals surface area contributed by atoms with E-state index in [9.17, 15) is 4.79 Å². The van der Waals surface area contributed by atoms with Crippen LogP contribution in [0, 0.1) is 17.8 Å². The molecule has 5 rings (SSSR count). The van der Waals surface area contributed by atoms with Gasteiger partial charge in [0.15, 0.2) is 0 Å². The lowest BCUT2D eigenvalue weighted by Gasteiger charge is -2.57. The molecule has 2 N–H and O–H groups in total. The molecule has 0 saturated heterocycles. The summed E-state index contributed by atoms with van der Waals surface area (Å²) >= 11 is 5.96. The third-order valence-electron chi connectivity index (χ3n) is 6.69. The summed E-state index contributed by atoms with van der Waals surface area (Å²) in [6.45, 7) is 4.07. The number of carbonyl (C=O) groups is 1. The average molecular weight is 361 g/mol. The van der Waals surface area contributed by atoms with E-state index in [2.05, 4.69) is 17.6 Å². The van der Waals surface area contributed by atoms with Crippen LogP contribution in [0.3, 0.4) is 0 Å². The van der Waals surface area contributed by atoms with E-state index < -0.39 is 0 Å². The van der Waals surface area contributed by atoms with Gasteiger partial charge in [0.2, 0.25) is 5.91 Å². The van der Waals surface area contributed by atoms with Gasteiger partial charge in [0.25, 0.3) is 0 Å². The van der Waals surface area contributed by atoms with Crippen molar-refractivity contribution in [3.63, 3.8) is 0 Å². The first-order valence-electron chi connectivity index (χ1n) is 9.76. The van der Waals surface area contributed by atoms with E-state index in [0.717, 1.165) is 28.3 Å². The molecule has 2 atom stereocenters. The Balaban J connectivity index is 1.37. The van der Waals surface area contributed by atoms with Gasteiger partial charge in [0.05, 0.1) is 6.04 Å². The standard InChI is InChI=1S/C21H29ClN2O/c1-13(18-3-5-19(22)6-4-18)23-14(2)20(25)24-21-10-15-7-16(11-21)9-17(8-15)12-21/h3-6,13-17,23H,7-12H2,1-2H3,(H,24,25)/t13-,14-,15?,16?,17?,21?/m0/s1. The Morgan fingerprint density at radius 1 is 1.04 bits per heavy atom. The quantitative estimate of drug-likeness (QED) is 0.813. The van der Waals surface area contributed by atoms with Gasteiger partial charge in [-0.1, -0.05) is 23.7 Å². The third-order valence-corrected chi connectivity index (χ3v) is 6.94. The molecule has 0 spiro atoms. The highest BCUT2D eigenvalue weighted by atomic mass is 35.5. The minimum atomic E-state index is -0.196. The van der Waals surface area contributed by atoms with Crippen molar-refractivity contribution >= 4 is 17.5 Å². The lowest BCUT2D eigenvalue weighted by molar-refractivity contribution is -0.128. The zero-order valence-electron chi connectivity index (χ0n) is 15.2. The normalized spacial score (nSPS) is 35.4. The molecule has 1 amide bonds. The van der Waals surface area contributed by atoms with Crippen molar-refractivity contribution in [3.8, 4) is 0 Å². The Morgan fingerprint density at radius 2 is 1.56 bits per heavy atom. The van der Waals surface area contributed by atoms with Gasteiger partial charge in [-0.15, -0.1) is 0 Å². The van der Waals surface area contributed by atoms with Crippen LogP contribution in [0.1, 0.15) is 64.0 Å². The zero-order valence-corrected chi connectivity index (χ0v) is 16.0. The predicted molar refractivity (Wildman–Crippen MR) is 102 cm³/mol. The van der Waals surface area contributed by atoms with Gasteiger partial charge < -0.3 is 5.32 Å². The lowest BCUT2D eigenvalue weighted by Crippen LogP contribution is -2.62. The van der Waals surface area contributed by atoms with E-state index >= 15 is 0 Å². The monoisotopic (exact) mass is 360 g/mol. The third kappa shape index (κ3) is 3.59. The predicted octanol–water partition coefficient (Wildman–Crippen LogP) is 4.46. The fourth-order valence-electron chi connectivity index (χ4n) is 5.93. The van der Waals surface area contributed by atoms with E-state index in [-0.39, 0.29) is 23.5 Å². The summed E-state index contributed by atoms with van der Waals surface area (Å²) in [5, 5.41) is 7.65. The van der Waals surface area contributed by atoms with Gasteiger partial charge in [0, 0.05) is 16.6 Å². The van der Waals surface area contributed by atoms with E-state index in [1.165, 1.54) is 38.5 Å². The first-order valence-corrected chi connectivity index (χ1v) is 10.1. The Kier molecular flexibility index (Phi) is 4.57. The SMILES string of the molecule is C[C@H](N[C@@H](C)c1ccc(Cl)cc1)C(=O)NC12CC3CC(CC(C3)C1)C2. The summed E-state index contributed by atoms with van der Waals surface area (Å²) in [5.41, 5.74) is 1.24. The summed E-state index contributed by atoms with van der Waals surface area (Å²) in [6, 6.07) is 7.76. The molecule has 0 aliphatic heterocycles. The molecular weight excluding hydrogens is 332 g/mol. The van der Waals surface area contributed by atoms with Gasteiger partial charge in [0.1, 0.15) is 0 Å². The molecule has 25 heavy (non-hydrogen) atoms. The van der Waals surface area contributed by atoms with Crippen molar-refractivity contribution in [3.05, 3.63) is 34.9 Å². The number of halogens is 1. The fourth-order valence-corrected chi connectivity index (χ4v) is 6.06. The molecule has 0 unspecified atom stereocenters. The summed E-state index contributed by atoms with van der Waals surface area (Å²) < 4.78 is 0. The molecule has 4 aliphatic rings. The van der Waals surface area contributed by atoms with E-state index in [0.29, 0.717) is 0 Å². The van der Waals surface area contributed by atoms with Gasteiger partial charge in [-0.25, -0.2) is 0 Å². The van der Waals surface area contributed by atoms with E-state index in [1.807, 2.05) is 31.2 Å². The maximum absolute atomic E-state index is 12.9. The topological polar surface area (TPSA) is 41.1 Å². The Labute approximate surface area is 155 Å². The Bertz CT molecular complexity index is 607. The van der Waals surface area contributed by atoms with Crippen LogP contribution in [0.2, 0.25) is 5.02 Å². The maximum Gasteiger partial charge on any atom is 0.237 e. The van der Waals surface area contributed by atoms with Gasteiger partial charge >= 0.3 is 0 Å². The van der Waals surface area contributed by atoms with Crippen molar-refractivity contribution in [1.29, 1.82) is 0 Å². The van der Waals surface area contributed by atoms with Gasteiger partial charge in [-0.2, -0.15) is 0 Å². The van der Waals surface area contributed by atoms with Crippen LogP contribution in [0.5, 0.6) is 0 Å². The minimum Gasteiger partial charge on any atom is -0.349 e. The second-order valence-electron chi connectivity index (χ2n) is 8.85. The van der Waals surface area contributed by atoms with Gasteiger partial charge in [-0.3, -0.25) is 10.1 Å². The van der Waals surface area contributed by atoms with Crippen LogP contribution in [0.4, 0.5) is 0 Å². The number of nitrogens with one attached hydrogen (secondary N) is 2. The first kappa shape index (κ1) is 17.4. The molecule has 4 fully saturated rings. The maximum atomic E-state index is 12.9. The highest BCUT2D eigenvalue weighted by Crippen LogP contribution is 2.55. The van der Waals surface area contributed by atoms with Crippen molar-refractivity contribution in [2.75, 3.05) is 0 Å². The van der Waals surface area contributed by atoms with Crippen LogP contribution in [0.25, 0.3) is 0 Å². The number of hydrogen-bond donors (Lipinski definition) is 2. The summed E-state index contributed by atoms with van der Waals surface area (Å²) in [5.74, 6) is 2.70. The molecule has 1 aromatic rings. The molecule has 0 aromatic heterocycles. The number of hydrogen-bond acceptors (Lipinski definition) is 2. The molecular formula is C21H29ClN2O.